The molecule has 0 spiro atoms. The summed E-state index contributed by atoms with van der Waals surface area (Å²) in [7, 11) is 0. The second kappa shape index (κ2) is 9.62. The van der Waals surface area contributed by atoms with E-state index in [2.05, 4.69) is 5.32 Å². The molecule has 0 aromatic heterocycles. The van der Waals surface area contributed by atoms with Gasteiger partial charge in [0.05, 0.1) is 0 Å². The molecular weight excluding hydrogens is 346 g/mol. The molecule has 0 saturated carbocycles. The van der Waals surface area contributed by atoms with Crippen molar-refractivity contribution in [3.8, 4) is 5.75 Å². The minimum absolute atomic E-state index is 0.00874. The molecule has 1 N–H and O–H groups in total. The molecule has 1 aliphatic rings. The number of nitrogens with one attached hydrogen (secondary N) is 1. The van der Waals surface area contributed by atoms with Crippen molar-refractivity contribution >= 4 is 12.1 Å². The number of carbonyl (C=O) groups excluding carboxylic acids is 2. The first-order valence-electron chi connectivity index (χ1n) is 9.64. The van der Waals surface area contributed by atoms with Crippen molar-refractivity contribution in [1.29, 1.82) is 0 Å². The summed E-state index contributed by atoms with van der Waals surface area (Å²) in [4.78, 5) is 24.5. The molecule has 1 heterocycles. The van der Waals surface area contributed by atoms with Gasteiger partial charge >= 0.3 is 12.1 Å². The standard InChI is InChI=1S/C21H31NO5/c1-15-14-17(26-16-10-6-5-7-11-16)12-8-9-13-18(19(23)25-15)22-20(24)27-21(2,3)4/h5-7,10-11,15,17-18H,8-9,12-14H2,1-4H3,(H,22,24)/t15-,17-,18-/m0/s1. The third-order valence-electron chi connectivity index (χ3n) is 4.20. The van der Waals surface area contributed by atoms with Crippen LogP contribution in [-0.2, 0) is 14.3 Å². The minimum atomic E-state index is -0.686. The van der Waals surface area contributed by atoms with Crippen LogP contribution in [0.1, 0.15) is 59.8 Å². The second-order valence-electron chi connectivity index (χ2n) is 8.02. The normalized spacial score (nSPS) is 24.4. The van der Waals surface area contributed by atoms with Crippen LogP contribution in [0.3, 0.4) is 0 Å². The molecule has 0 aliphatic carbocycles. The summed E-state index contributed by atoms with van der Waals surface area (Å²) >= 11 is 0. The molecular formula is C21H31NO5. The maximum absolute atomic E-state index is 12.5. The van der Waals surface area contributed by atoms with Crippen molar-refractivity contribution in [2.75, 3.05) is 0 Å². The van der Waals surface area contributed by atoms with E-state index in [-0.39, 0.29) is 12.2 Å². The predicted molar refractivity (Wildman–Crippen MR) is 103 cm³/mol. The maximum atomic E-state index is 12.5. The largest absolute Gasteiger partial charge is 0.490 e. The lowest BCUT2D eigenvalue weighted by Gasteiger charge is -2.27. The summed E-state index contributed by atoms with van der Waals surface area (Å²) in [5.41, 5.74) is -0.612. The molecule has 1 aromatic carbocycles. The third-order valence-corrected chi connectivity index (χ3v) is 4.20. The molecule has 1 aromatic rings. The Hall–Kier alpha value is -2.24. The van der Waals surface area contributed by atoms with Gasteiger partial charge in [-0.2, -0.15) is 0 Å². The molecule has 1 aliphatic heterocycles. The lowest BCUT2D eigenvalue weighted by Crippen LogP contribution is -2.45. The number of para-hydroxylation sites is 1. The summed E-state index contributed by atoms with van der Waals surface area (Å²) in [6.07, 6.45) is 2.79. The molecule has 3 atom stereocenters. The Labute approximate surface area is 161 Å². The van der Waals surface area contributed by atoms with Crippen LogP contribution >= 0.6 is 0 Å². The van der Waals surface area contributed by atoms with Gasteiger partial charge in [0.1, 0.15) is 29.6 Å². The van der Waals surface area contributed by atoms with E-state index in [0.29, 0.717) is 12.8 Å². The average Bonchev–Trinajstić information content (AvgIpc) is 2.56. The highest BCUT2D eigenvalue weighted by Gasteiger charge is 2.28. The van der Waals surface area contributed by atoms with E-state index in [9.17, 15) is 9.59 Å². The number of benzene rings is 1. The molecule has 1 fully saturated rings. The van der Waals surface area contributed by atoms with Crippen molar-refractivity contribution in [3.05, 3.63) is 30.3 Å². The molecule has 6 nitrogen and oxygen atoms in total. The van der Waals surface area contributed by atoms with Crippen molar-refractivity contribution in [2.24, 2.45) is 0 Å². The van der Waals surface area contributed by atoms with Gasteiger partial charge in [0, 0.05) is 6.42 Å². The average molecular weight is 377 g/mol. The molecule has 27 heavy (non-hydrogen) atoms. The van der Waals surface area contributed by atoms with Crippen LogP contribution in [0.25, 0.3) is 0 Å². The smallest absolute Gasteiger partial charge is 0.408 e. The quantitative estimate of drug-likeness (QED) is 0.798. The number of rotatable bonds is 3. The highest BCUT2D eigenvalue weighted by Crippen LogP contribution is 2.21. The molecule has 150 valence electrons. The van der Waals surface area contributed by atoms with Gasteiger partial charge in [-0.15, -0.1) is 0 Å². The lowest BCUT2D eigenvalue weighted by atomic mass is 10.0. The summed E-state index contributed by atoms with van der Waals surface area (Å²) < 4.78 is 16.9. The Bertz CT molecular complexity index is 611. The van der Waals surface area contributed by atoms with Crippen molar-refractivity contribution in [2.45, 2.75) is 83.6 Å². The van der Waals surface area contributed by atoms with E-state index in [1.165, 1.54) is 0 Å². The zero-order valence-corrected chi connectivity index (χ0v) is 16.7. The van der Waals surface area contributed by atoms with Gasteiger partial charge in [-0.3, -0.25) is 0 Å². The highest BCUT2D eigenvalue weighted by atomic mass is 16.6. The Balaban J connectivity index is 1.93. The summed E-state index contributed by atoms with van der Waals surface area (Å²) in [5.74, 6) is 0.399. The first kappa shape index (κ1) is 21.1. The van der Waals surface area contributed by atoms with Crippen molar-refractivity contribution in [3.63, 3.8) is 0 Å². The summed E-state index contributed by atoms with van der Waals surface area (Å²) in [6.45, 7) is 7.21. The highest BCUT2D eigenvalue weighted by molar-refractivity contribution is 5.81. The molecule has 1 amide bonds. The Morgan fingerprint density at radius 1 is 1.15 bits per heavy atom. The summed E-state index contributed by atoms with van der Waals surface area (Å²) in [5, 5.41) is 2.65. The SMILES string of the molecule is C[C@H]1C[C@@H](Oc2ccccc2)CCCC[C@H](NC(=O)OC(C)(C)C)C(=O)O1. The number of ether oxygens (including phenoxy) is 3. The fourth-order valence-corrected chi connectivity index (χ4v) is 3.03. The van der Waals surface area contributed by atoms with Crippen LogP contribution in [0.15, 0.2) is 30.3 Å². The fraction of sp³-hybridized carbons (Fsp3) is 0.619. The number of cyclic esters (lactones) is 1. The van der Waals surface area contributed by atoms with Crippen LogP contribution in [0, 0.1) is 0 Å². The predicted octanol–water partition coefficient (Wildman–Crippen LogP) is 4.22. The zero-order valence-electron chi connectivity index (χ0n) is 16.7. The molecule has 2 rings (SSSR count). The van der Waals surface area contributed by atoms with Gasteiger partial charge in [0.2, 0.25) is 0 Å². The van der Waals surface area contributed by atoms with Gasteiger partial charge in [0.15, 0.2) is 0 Å². The Morgan fingerprint density at radius 3 is 2.48 bits per heavy atom. The topological polar surface area (TPSA) is 73.9 Å². The van der Waals surface area contributed by atoms with E-state index >= 15 is 0 Å². The Kier molecular flexibility index (Phi) is 7.51. The molecule has 0 radical (unpaired) electrons. The van der Waals surface area contributed by atoms with E-state index < -0.39 is 23.7 Å². The number of esters is 1. The molecule has 1 saturated heterocycles. The number of hydrogen-bond donors (Lipinski definition) is 1. The fourth-order valence-electron chi connectivity index (χ4n) is 3.03. The van der Waals surface area contributed by atoms with Gasteiger partial charge in [0.25, 0.3) is 0 Å². The van der Waals surface area contributed by atoms with Crippen LogP contribution < -0.4 is 10.1 Å². The van der Waals surface area contributed by atoms with Crippen LogP contribution in [-0.4, -0.2) is 35.9 Å². The van der Waals surface area contributed by atoms with Gasteiger partial charge in [-0.05, 0) is 59.1 Å². The van der Waals surface area contributed by atoms with Gasteiger partial charge in [-0.1, -0.05) is 24.6 Å². The van der Waals surface area contributed by atoms with Crippen LogP contribution in [0.4, 0.5) is 4.79 Å². The first-order valence-corrected chi connectivity index (χ1v) is 9.64. The maximum Gasteiger partial charge on any atom is 0.408 e. The summed E-state index contributed by atoms with van der Waals surface area (Å²) in [6, 6.07) is 8.99. The van der Waals surface area contributed by atoms with Gasteiger partial charge in [-0.25, -0.2) is 9.59 Å². The van der Waals surface area contributed by atoms with Crippen molar-refractivity contribution in [1.82, 2.24) is 5.32 Å². The molecule has 6 heteroatoms. The van der Waals surface area contributed by atoms with E-state index in [1.54, 1.807) is 20.8 Å². The van der Waals surface area contributed by atoms with E-state index in [1.807, 2.05) is 37.3 Å². The van der Waals surface area contributed by atoms with Gasteiger partial charge < -0.3 is 19.5 Å². The number of carbonyl (C=O) groups is 2. The number of amides is 1. The molecule has 0 bridgehead atoms. The van der Waals surface area contributed by atoms with E-state index in [0.717, 1.165) is 25.0 Å². The third kappa shape index (κ3) is 7.89. The minimum Gasteiger partial charge on any atom is -0.490 e. The number of alkyl carbamates (subject to hydrolysis) is 1. The number of hydrogen-bond acceptors (Lipinski definition) is 5. The second-order valence-corrected chi connectivity index (χ2v) is 8.02. The van der Waals surface area contributed by atoms with Crippen molar-refractivity contribution < 1.29 is 23.8 Å². The monoisotopic (exact) mass is 377 g/mol. The van der Waals surface area contributed by atoms with E-state index in [4.69, 9.17) is 14.2 Å². The first-order chi connectivity index (χ1) is 12.7. The van der Waals surface area contributed by atoms with Crippen LogP contribution in [0.2, 0.25) is 0 Å². The Morgan fingerprint density at radius 2 is 1.81 bits per heavy atom. The molecule has 0 unspecified atom stereocenters. The zero-order chi connectivity index (χ0) is 19.9. The lowest BCUT2D eigenvalue weighted by molar-refractivity contribution is -0.152. The van der Waals surface area contributed by atoms with Crippen LogP contribution in [0.5, 0.6) is 5.75 Å².